The molecule has 0 radical (unpaired) electrons. The van der Waals surface area contributed by atoms with Crippen LogP contribution in [0.2, 0.25) is 0 Å². The summed E-state index contributed by atoms with van der Waals surface area (Å²) in [5, 5.41) is 0. The molecule has 1 aliphatic heterocycles. The van der Waals surface area contributed by atoms with E-state index < -0.39 is 22.1 Å². The number of halogens is 3. The van der Waals surface area contributed by atoms with Gasteiger partial charge in [0.1, 0.15) is 11.6 Å². The zero-order valence-electron chi connectivity index (χ0n) is 15.1. The zero-order valence-corrected chi connectivity index (χ0v) is 15.9. The van der Waals surface area contributed by atoms with Crippen molar-refractivity contribution in [2.45, 2.75) is 37.1 Å². The average Bonchev–Trinajstić information content (AvgIpc) is 2.61. The monoisotopic (exact) mass is 415 g/mol. The molecule has 0 spiro atoms. The van der Waals surface area contributed by atoms with Crippen molar-refractivity contribution >= 4 is 15.8 Å². The lowest BCUT2D eigenvalue weighted by atomic mass is 10.1. The second-order valence-electron chi connectivity index (χ2n) is 6.54. The first-order valence-corrected chi connectivity index (χ1v) is 10.2. The Bertz CT molecular complexity index is 927. The fourth-order valence-electron chi connectivity index (χ4n) is 3.06. The molecule has 1 saturated heterocycles. The number of ether oxygens (including phenoxy) is 1. The van der Waals surface area contributed by atoms with E-state index in [-0.39, 0.29) is 10.9 Å². The quantitative estimate of drug-likeness (QED) is 0.812. The van der Waals surface area contributed by atoms with Gasteiger partial charge in [-0.05, 0) is 44.0 Å². The Morgan fingerprint density at radius 3 is 2.46 bits per heavy atom. The molecule has 1 fully saturated rings. The van der Waals surface area contributed by atoms with E-state index in [0.29, 0.717) is 25.9 Å². The molecule has 3 rings (SSSR count). The second-order valence-corrected chi connectivity index (χ2v) is 8.26. The van der Waals surface area contributed by atoms with Crippen molar-refractivity contribution in [3.8, 4) is 5.75 Å². The van der Waals surface area contributed by atoms with Crippen LogP contribution in [0.5, 0.6) is 5.75 Å². The molecule has 0 unspecified atom stereocenters. The van der Waals surface area contributed by atoms with Crippen LogP contribution in [0.4, 0.5) is 19.0 Å². The SMILES string of the molecule is Cc1cccc(N2CCC(NS(=O)(=O)c3cccc(OC(F)(F)F)c3)CC2)n1. The first-order chi connectivity index (χ1) is 13.1. The van der Waals surface area contributed by atoms with E-state index in [4.69, 9.17) is 0 Å². The molecular weight excluding hydrogens is 395 g/mol. The molecule has 1 aromatic heterocycles. The summed E-state index contributed by atoms with van der Waals surface area (Å²) in [7, 11) is -3.96. The van der Waals surface area contributed by atoms with Gasteiger partial charge in [-0.2, -0.15) is 0 Å². The van der Waals surface area contributed by atoms with Crippen LogP contribution in [0.1, 0.15) is 18.5 Å². The fourth-order valence-corrected chi connectivity index (χ4v) is 4.40. The third-order valence-electron chi connectivity index (χ3n) is 4.36. The van der Waals surface area contributed by atoms with Gasteiger partial charge in [-0.25, -0.2) is 18.1 Å². The molecule has 2 heterocycles. The highest BCUT2D eigenvalue weighted by Gasteiger charge is 2.32. The van der Waals surface area contributed by atoms with Crippen LogP contribution in [0.15, 0.2) is 47.4 Å². The molecule has 1 aliphatic rings. The summed E-state index contributed by atoms with van der Waals surface area (Å²) in [6.45, 7) is 3.16. The molecular formula is C18H20F3N3O3S. The summed E-state index contributed by atoms with van der Waals surface area (Å²) in [4.78, 5) is 6.28. The Morgan fingerprint density at radius 1 is 1.14 bits per heavy atom. The lowest BCUT2D eigenvalue weighted by molar-refractivity contribution is -0.274. The topological polar surface area (TPSA) is 71.5 Å². The summed E-state index contributed by atoms with van der Waals surface area (Å²) in [5.74, 6) is 0.272. The summed E-state index contributed by atoms with van der Waals surface area (Å²) in [6.07, 6.45) is -3.76. The van der Waals surface area contributed by atoms with Gasteiger partial charge in [0.25, 0.3) is 0 Å². The number of hydrogen-bond acceptors (Lipinski definition) is 5. The molecule has 0 amide bonds. The number of nitrogens with zero attached hydrogens (tertiary/aromatic N) is 2. The van der Waals surface area contributed by atoms with Crippen molar-refractivity contribution in [2.24, 2.45) is 0 Å². The molecule has 1 N–H and O–H groups in total. The van der Waals surface area contributed by atoms with E-state index in [1.807, 2.05) is 25.1 Å². The minimum absolute atomic E-state index is 0.267. The van der Waals surface area contributed by atoms with E-state index in [1.165, 1.54) is 12.1 Å². The van der Waals surface area contributed by atoms with E-state index in [0.717, 1.165) is 23.6 Å². The van der Waals surface area contributed by atoms with Gasteiger partial charge in [0.05, 0.1) is 4.90 Å². The number of benzene rings is 1. The number of alkyl halides is 3. The van der Waals surface area contributed by atoms with Gasteiger partial charge in [0.15, 0.2) is 0 Å². The zero-order chi connectivity index (χ0) is 20.4. The van der Waals surface area contributed by atoms with Crippen molar-refractivity contribution in [1.82, 2.24) is 9.71 Å². The lowest BCUT2D eigenvalue weighted by Gasteiger charge is -2.33. The summed E-state index contributed by atoms with van der Waals surface area (Å²) < 4.78 is 68.5. The Kier molecular flexibility index (Phi) is 5.80. The minimum Gasteiger partial charge on any atom is -0.406 e. The van der Waals surface area contributed by atoms with Gasteiger partial charge < -0.3 is 9.64 Å². The first kappa shape index (κ1) is 20.4. The molecule has 0 saturated carbocycles. The summed E-state index contributed by atoms with van der Waals surface area (Å²) in [5.41, 5.74) is 0.904. The molecule has 0 bridgehead atoms. The maximum Gasteiger partial charge on any atom is 0.573 e. The van der Waals surface area contributed by atoms with Crippen LogP contribution in [0, 0.1) is 6.92 Å². The number of nitrogens with one attached hydrogen (secondary N) is 1. The van der Waals surface area contributed by atoms with Gasteiger partial charge in [0.2, 0.25) is 10.0 Å². The van der Waals surface area contributed by atoms with Crippen molar-refractivity contribution in [2.75, 3.05) is 18.0 Å². The van der Waals surface area contributed by atoms with Crippen LogP contribution in [-0.4, -0.2) is 38.9 Å². The molecule has 10 heteroatoms. The largest absolute Gasteiger partial charge is 0.573 e. The van der Waals surface area contributed by atoms with Crippen molar-refractivity contribution < 1.29 is 26.3 Å². The van der Waals surface area contributed by atoms with Gasteiger partial charge >= 0.3 is 6.36 Å². The van der Waals surface area contributed by atoms with Crippen LogP contribution >= 0.6 is 0 Å². The molecule has 28 heavy (non-hydrogen) atoms. The Balaban J connectivity index is 1.63. The first-order valence-electron chi connectivity index (χ1n) is 8.69. The third-order valence-corrected chi connectivity index (χ3v) is 5.88. The average molecular weight is 415 g/mol. The van der Waals surface area contributed by atoms with Crippen LogP contribution in [0.3, 0.4) is 0 Å². The van der Waals surface area contributed by atoms with Crippen LogP contribution < -0.4 is 14.4 Å². The van der Waals surface area contributed by atoms with E-state index in [9.17, 15) is 21.6 Å². The fraction of sp³-hybridized carbons (Fsp3) is 0.389. The third kappa shape index (κ3) is 5.35. The van der Waals surface area contributed by atoms with E-state index in [2.05, 4.69) is 19.3 Å². The normalized spacial score (nSPS) is 16.2. The van der Waals surface area contributed by atoms with Crippen LogP contribution in [-0.2, 0) is 10.0 Å². The highest BCUT2D eigenvalue weighted by atomic mass is 32.2. The van der Waals surface area contributed by atoms with Gasteiger partial charge in [0, 0.05) is 30.9 Å². The maximum atomic E-state index is 12.5. The highest BCUT2D eigenvalue weighted by molar-refractivity contribution is 7.89. The number of aryl methyl sites for hydroxylation is 1. The number of pyridine rings is 1. The van der Waals surface area contributed by atoms with Crippen LogP contribution in [0.25, 0.3) is 0 Å². The minimum atomic E-state index is -4.88. The molecule has 0 atom stereocenters. The number of aromatic nitrogens is 1. The molecule has 6 nitrogen and oxygen atoms in total. The van der Waals surface area contributed by atoms with Gasteiger partial charge in [-0.3, -0.25) is 0 Å². The Hall–Kier alpha value is -2.33. The number of sulfonamides is 1. The molecule has 2 aromatic rings. The predicted molar refractivity (Wildman–Crippen MR) is 97.7 cm³/mol. The summed E-state index contributed by atoms with van der Waals surface area (Å²) in [6, 6.07) is 9.78. The predicted octanol–water partition coefficient (Wildman–Crippen LogP) is 3.24. The smallest absolute Gasteiger partial charge is 0.406 e. The van der Waals surface area contributed by atoms with Crippen molar-refractivity contribution in [1.29, 1.82) is 0 Å². The highest BCUT2D eigenvalue weighted by Crippen LogP contribution is 2.25. The number of hydrogen-bond donors (Lipinski definition) is 1. The lowest BCUT2D eigenvalue weighted by Crippen LogP contribution is -2.44. The second kappa shape index (κ2) is 7.96. The number of rotatable bonds is 5. The van der Waals surface area contributed by atoms with E-state index >= 15 is 0 Å². The standard InChI is InChI=1S/C18H20F3N3O3S/c1-13-4-2-7-17(22-13)24-10-8-14(9-11-24)23-28(25,26)16-6-3-5-15(12-16)27-18(19,20)21/h2-7,12,14,23H,8-11H2,1H3. The van der Waals surface area contributed by atoms with Crippen molar-refractivity contribution in [3.05, 3.63) is 48.2 Å². The Morgan fingerprint density at radius 2 is 1.82 bits per heavy atom. The van der Waals surface area contributed by atoms with Crippen molar-refractivity contribution in [3.63, 3.8) is 0 Å². The van der Waals surface area contributed by atoms with E-state index in [1.54, 1.807) is 0 Å². The number of anilines is 1. The number of piperidine rings is 1. The molecule has 0 aliphatic carbocycles. The summed E-state index contributed by atoms with van der Waals surface area (Å²) >= 11 is 0. The molecule has 1 aromatic carbocycles. The van der Waals surface area contributed by atoms with Gasteiger partial charge in [-0.1, -0.05) is 12.1 Å². The van der Waals surface area contributed by atoms with Gasteiger partial charge in [-0.15, -0.1) is 13.2 Å². The Labute approximate surface area is 161 Å². The maximum absolute atomic E-state index is 12.5. The molecule has 152 valence electrons.